The lowest BCUT2D eigenvalue weighted by atomic mass is 9.70. The van der Waals surface area contributed by atoms with Crippen molar-refractivity contribution >= 4 is 28.3 Å². The van der Waals surface area contributed by atoms with E-state index in [1.807, 2.05) is 17.1 Å². The molecule has 3 aliphatic carbocycles. The number of aryl methyl sites for hydroxylation is 1. The van der Waals surface area contributed by atoms with E-state index in [0.717, 1.165) is 60.2 Å². The molecule has 170 valence electrons. The monoisotopic (exact) mass is 436 g/mol. The van der Waals surface area contributed by atoms with E-state index in [4.69, 9.17) is 9.82 Å². The van der Waals surface area contributed by atoms with Crippen LogP contribution < -0.4 is 16.1 Å². The predicted octanol–water partition coefficient (Wildman–Crippen LogP) is 3.50. The van der Waals surface area contributed by atoms with Crippen molar-refractivity contribution in [1.29, 1.82) is 0 Å². The number of anilines is 1. The van der Waals surface area contributed by atoms with Gasteiger partial charge in [0.1, 0.15) is 5.60 Å². The fourth-order valence-corrected chi connectivity index (χ4v) is 5.39. The number of amides is 1. The fraction of sp³-hybridized carbons (Fsp3) is 0.625. The van der Waals surface area contributed by atoms with Gasteiger partial charge in [0.25, 0.3) is 0 Å². The van der Waals surface area contributed by atoms with Gasteiger partial charge in [-0.15, -0.1) is 0 Å². The van der Waals surface area contributed by atoms with E-state index < -0.39 is 5.60 Å². The highest BCUT2D eigenvalue weighted by Crippen LogP contribution is 2.47. The minimum absolute atomic E-state index is 0.0382. The van der Waals surface area contributed by atoms with Crippen LogP contribution in [-0.4, -0.2) is 38.4 Å². The molecule has 3 fully saturated rings. The van der Waals surface area contributed by atoms with E-state index in [-0.39, 0.29) is 11.8 Å². The number of hydrogen-bond acceptors (Lipinski definition) is 6. The summed E-state index contributed by atoms with van der Waals surface area (Å²) < 4.78 is 1.94. The molecular formula is C24H32N6O2. The third kappa shape index (κ3) is 3.54. The van der Waals surface area contributed by atoms with Crippen LogP contribution in [-0.2, 0) is 16.2 Å². The summed E-state index contributed by atoms with van der Waals surface area (Å²) in [6, 6.07) is 0.872. The maximum absolute atomic E-state index is 12.4. The molecule has 8 heteroatoms. The second-order valence-corrected chi connectivity index (χ2v) is 9.94. The molecule has 4 aliphatic rings. The first-order chi connectivity index (χ1) is 15.6. The number of aromatic nitrogens is 3. The number of carbonyl (C=O) groups excluding carboxylic acids is 1. The summed E-state index contributed by atoms with van der Waals surface area (Å²) in [5.74, 6) is 0.217. The van der Waals surface area contributed by atoms with Crippen LogP contribution in [0.5, 0.6) is 0 Å². The fourth-order valence-electron chi connectivity index (χ4n) is 5.39. The number of nitrogens with one attached hydrogen (secondary N) is 3. The molecule has 3 saturated carbocycles. The highest BCUT2D eigenvalue weighted by atomic mass is 16.7. The zero-order chi connectivity index (χ0) is 21.7. The van der Waals surface area contributed by atoms with E-state index in [9.17, 15) is 4.79 Å². The molecule has 0 aromatic carbocycles. The van der Waals surface area contributed by atoms with Gasteiger partial charge in [-0.3, -0.25) is 15.1 Å². The number of pyridine rings is 1. The lowest BCUT2D eigenvalue weighted by Gasteiger charge is -2.40. The second kappa shape index (κ2) is 7.76. The summed E-state index contributed by atoms with van der Waals surface area (Å²) in [7, 11) is 0. The molecule has 32 heavy (non-hydrogen) atoms. The van der Waals surface area contributed by atoms with Gasteiger partial charge in [0, 0.05) is 36.3 Å². The number of nitrogens with zero attached hydrogens (tertiary/aromatic N) is 3. The highest BCUT2D eigenvalue weighted by molar-refractivity contribution is 5.96. The molecule has 2 aromatic rings. The number of hydroxylamine groups is 1. The molecule has 6 rings (SSSR count). The lowest BCUT2D eigenvalue weighted by Crippen LogP contribution is -2.50. The molecule has 1 spiro atoms. The van der Waals surface area contributed by atoms with Crippen LogP contribution in [0.4, 0.5) is 5.69 Å². The van der Waals surface area contributed by atoms with Crippen LogP contribution in [0.3, 0.4) is 0 Å². The van der Waals surface area contributed by atoms with Crippen molar-refractivity contribution in [3.8, 4) is 0 Å². The maximum Gasteiger partial charge on any atom is 0.223 e. The molecule has 1 amide bonds. The summed E-state index contributed by atoms with van der Waals surface area (Å²) in [5, 5.41) is 12.6. The minimum atomic E-state index is -0.397. The van der Waals surface area contributed by atoms with Crippen molar-refractivity contribution in [2.75, 3.05) is 5.32 Å². The van der Waals surface area contributed by atoms with Gasteiger partial charge in [0.15, 0.2) is 5.65 Å². The third-order valence-corrected chi connectivity index (χ3v) is 7.46. The summed E-state index contributed by atoms with van der Waals surface area (Å²) in [6.45, 7) is 2.87. The Morgan fingerprint density at radius 3 is 2.75 bits per heavy atom. The Labute approximate surface area is 188 Å². The van der Waals surface area contributed by atoms with Crippen LogP contribution >= 0.6 is 0 Å². The van der Waals surface area contributed by atoms with Gasteiger partial charge < -0.3 is 10.6 Å². The van der Waals surface area contributed by atoms with Crippen molar-refractivity contribution in [3.05, 3.63) is 24.0 Å². The van der Waals surface area contributed by atoms with Gasteiger partial charge in [-0.05, 0) is 51.5 Å². The van der Waals surface area contributed by atoms with Gasteiger partial charge in [0.2, 0.25) is 5.91 Å². The molecule has 2 aromatic heterocycles. The molecule has 1 aliphatic heterocycles. The Hall–Kier alpha value is -2.61. The zero-order valence-corrected chi connectivity index (χ0v) is 18.7. The van der Waals surface area contributed by atoms with Gasteiger partial charge in [-0.25, -0.2) is 9.67 Å². The first kappa shape index (κ1) is 20.0. The molecule has 0 unspecified atom stereocenters. The van der Waals surface area contributed by atoms with Crippen LogP contribution in [0.25, 0.3) is 16.7 Å². The Bertz CT molecular complexity index is 1060. The molecule has 3 heterocycles. The molecule has 0 radical (unpaired) electrons. The third-order valence-electron chi connectivity index (χ3n) is 7.46. The van der Waals surface area contributed by atoms with Crippen LogP contribution in [0.15, 0.2) is 18.5 Å². The first-order valence-electron chi connectivity index (χ1n) is 12.2. The largest absolute Gasteiger partial charge is 0.381 e. The Balaban J connectivity index is 1.28. The summed E-state index contributed by atoms with van der Waals surface area (Å²) in [6.07, 6.45) is 15.9. The van der Waals surface area contributed by atoms with Crippen molar-refractivity contribution in [1.82, 2.24) is 25.6 Å². The molecular weight excluding hydrogens is 404 g/mol. The van der Waals surface area contributed by atoms with E-state index in [1.54, 1.807) is 0 Å². The highest BCUT2D eigenvalue weighted by Gasteiger charge is 2.51. The van der Waals surface area contributed by atoms with E-state index in [2.05, 4.69) is 34.2 Å². The quantitative estimate of drug-likeness (QED) is 0.642. The molecule has 0 atom stereocenters. The molecule has 3 N–H and O–H groups in total. The smallest absolute Gasteiger partial charge is 0.223 e. The second-order valence-electron chi connectivity index (χ2n) is 9.94. The Morgan fingerprint density at radius 1 is 1.19 bits per heavy atom. The first-order valence-corrected chi connectivity index (χ1v) is 12.2. The number of hydrogen-bond donors (Lipinski definition) is 3. The van der Waals surface area contributed by atoms with Gasteiger partial charge in [0.05, 0.1) is 23.0 Å². The normalized spacial score (nSPS) is 27.8. The van der Waals surface area contributed by atoms with Crippen molar-refractivity contribution < 1.29 is 9.63 Å². The van der Waals surface area contributed by atoms with Crippen LogP contribution in [0, 0.1) is 5.92 Å². The zero-order valence-electron chi connectivity index (χ0n) is 18.7. The van der Waals surface area contributed by atoms with Crippen LogP contribution in [0.1, 0.15) is 70.3 Å². The average molecular weight is 437 g/mol. The number of rotatable bonds is 6. The lowest BCUT2D eigenvalue weighted by molar-refractivity contribution is -0.147. The van der Waals surface area contributed by atoms with Crippen LogP contribution in [0.2, 0.25) is 0 Å². The van der Waals surface area contributed by atoms with Gasteiger partial charge >= 0.3 is 0 Å². The SMILES string of the molecule is CCn1ncc2c(NC3CCCCC3)c(C3=CC4(CC(C(=O)NC5CC5)C4)ON3)cnc21. The number of carbonyl (C=O) groups is 1. The Kier molecular flexibility index (Phi) is 4.86. The maximum atomic E-state index is 12.4. The molecule has 0 bridgehead atoms. The van der Waals surface area contributed by atoms with E-state index >= 15 is 0 Å². The minimum Gasteiger partial charge on any atom is -0.381 e. The summed E-state index contributed by atoms with van der Waals surface area (Å²) in [4.78, 5) is 23.2. The van der Waals surface area contributed by atoms with E-state index in [1.165, 1.54) is 32.1 Å². The average Bonchev–Trinajstić information content (AvgIpc) is 3.32. The standard InChI is InChI=1S/C24H32N6O2/c1-2-30-22-19(14-26-30)21(27-16-6-4-3-5-7-16)18(13-25-22)20-12-24(32-29-20)10-15(11-24)23(31)28-17-8-9-17/h12-17,29H,2-11H2,1H3,(H,25,27)(H,28,31). The van der Waals surface area contributed by atoms with E-state index in [0.29, 0.717) is 12.1 Å². The van der Waals surface area contributed by atoms with Crippen molar-refractivity contribution in [3.63, 3.8) is 0 Å². The van der Waals surface area contributed by atoms with Crippen molar-refractivity contribution in [2.45, 2.75) is 88.9 Å². The summed E-state index contributed by atoms with van der Waals surface area (Å²) in [5.41, 5.74) is 6.71. The number of fused-ring (bicyclic) bond motifs is 1. The Morgan fingerprint density at radius 2 is 2.00 bits per heavy atom. The van der Waals surface area contributed by atoms with Gasteiger partial charge in [-0.2, -0.15) is 5.10 Å². The predicted molar refractivity (Wildman–Crippen MR) is 123 cm³/mol. The van der Waals surface area contributed by atoms with Gasteiger partial charge in [-0.1, -0.05) is 19.3 Å². The molecule has 0 saturated heterocycles. The topological polar surface area (TPSA) is 93.1 Å². The summed E-state index contributed by atoms with van der Waals surface area (Å²) >= 11 is 0. The van der Waals surface area contributed by atoms with Crippen molar-refractivity contribution in [2.24, 2.45) is 5.92 Å². The molecule has 8 nitrogen and oxygen atoms in total.